The van der Waals surface area contributed by atoms with Crippen molar-refractivity contribution in [3.8, 4) is 0 Å². The molecule has 1 aromatic heterocycles. The summed E-state index contributed by atoms with van der Waals surface area (Å²) in [6.07, 6.45) is 1.47. The molecule has 2 rings (SSSR count). The van der Waals surface area contributed by atoms with Crippen molar-refractivity contribution in [2.75, 3.05) is 11.1 Å². The summed E-state index contributed by atoms with van der Waals surface area (Å²) in [5.41, 5.74) is 5.97. The molecule has 0 fully saturated rings. The molecule has 0 aliphatic rings. The zero-order valence-corrected chi connectivity index (χ0v) is 10.4. The van der Waals surface area contributed by atoms with Crippen molar-refractivity contribution >= 4 is 33.1 Å². The Morgan fingerprint density at radius 3 is 2.28 bits per heavy atom. The van der Waals surface area contributed by atoms with Gasteiger partial charge in [-0.25, -0.2) is 18.2 Å². The Balaban J connectivity index is 2.34. The first-order valence-corrected chi connectivity index (χ1v) is 5.59. The van der Waals surface area contributed by atoms with Crippen LogP contribution in [0.25, 0.3) is 0 Å². The van der Waals surface area contributed by atoms with Gasteiger partial charge in [-0.1, -0.05) is 0 Å². The van der Waals surface area contributed by atoms with Crippen molar-refractivity contribution in [3.05, 3.63) is 46.3 Å². The van der Waals surface area contributed by atoms with Crippen LogP contribution in [0.4, 0.5) is 30.4 Å². The summed E-state index contributed by atoms with van der Waals surface area (Å²) < 4.78 is 39.4. The molecule has 0 atom stereocenters. The maximum absolute atomic E-state index is 13.0. The number of pyridine rings is 1. The average molecular weight is 318 g/mol. The third-order valence-electron chi connectivity index (χ3n) is 2.13. The van der Waals surface area contributed by atoms with Gasteiger partial charge in [-0.2, -0.15) is 0 Å². The minimum absolute atomic E-state index is 0.0212. The molecule has 0 unspecified atom stereocenters. The number of anilines is 3. The maximum Gasteiger partial charge on any atom is 0.194 e. The predicted molar refractivity (Wildman–Crippen MR) is 65.9 cm³/mol. The molecule has 3 N–H and O–H groups in total. The summed E-state index contributed by atoms with van der Waals surface area (Å²) in [5.74, 6) is -3.86. The highest BCUT2D eigenvalue weighted by Crippen LogP contribution is 2.25. The lowest BCUT2D eigenvalue weighted by molar-refractivity contribution is 0.448. The molecule has 0 amide bonds. The molecule has 1 heterocycles. The second kappa shape index (κ2) is 4.85. The van der Waals surface area contributed by atoms with Crippen LogP contribution >= 0.6 is 15.9 Å². The molecule has 0 saturated carbocycles. The van der Waals surface area contributed by atoms with E-state index in [1.165, 1.54) is 6.20 Å². The minimum Gasteiger partial charge on any atom is -0.396 e. The van der Waals surface area contributed by atoms with E-state index in [9.17, 15) is 13.2 Å². The number of rotatable bonds is 2. The fourth-order valence-electron chi connectivity index (χ4n) is 1.32. The summed E-state index contributed by atoms with van der Waals surface area (Å²) in [6, 6.07) is 3.22. The predicted octanol–water partition coefficient (Wildman–Crippen LogP) is 3.59. The Morgan fingerprint density at radius 2 is 1.72 bits per heavy atom. The van der Waals surface area contributed by atoms with Crippen molar-refractivity contribution in [1.82, 2.24) is 4.98 Å². The maximum atomic E-state index is 13.0. The molecule has 94 valence electrons. The molecular formula is C11H7BrF3N3. The first kappa shape index (κ1) is 12.7. The van der Waals surface area contributed by atoms with Gasteiger partial charge in [0.1, 0.15) is 0 Å². The minimum atomic E-state index is -1.52. The van der Waals surface area contributed by atoms with Crippen molar-refractivity contribution in [3.63, 3.8) is 0 Å². The average Bonchev–Trinajstić information content (AvgIpc) is 2.29. The molecule has 0 bridgehead atoms. The standard InChI is InChI=1S/C11H7BrF3N3/c12-5-1-9(16)11(17-4-5)18-6-2-7(13)10(15)8(14)3-6/h1-4H,16H2,(H,17,18). The van der Waals surface area contributed by atoms with Gasteiger partial charge in [-0.05, 0) is 22.0 Å². The fraction of sp³-hybridized carbons (Fsp3) is 0. The molecule has 2 aromatic rings. The second-order valence-corrected chi connectivity index (χ2v) is 4.39. The largest absolute Gasteiger partial charge is 0.396 e. The molecule has 0 saturated heterocycles. The number of nitrogens with two attached hydrogens (primary N) is 1. The molecule has 7 heteroatoms. The lowest BCUT2D eigenvalue weighted by atomic mass is 10.2. The molecule has 1 aromatic carbocycles. The van der Waals surface area contributed by atoms with E-state index in [1.807, 2.05) is 0 Å². The SMILES string of the molecule is Nc1cc(Br)cnc1Nc1cc(F)c(F)c(F)c1. The van der Waals surface area contributed by atoms with Crippen LogP contribution in [0.1, 0.15) is 0 Å². The van der Waals surface area contributed by atoms with Crippen LogP contribution in [-0.4, -0.2) is 4.98 Å². The molecule has 3 nitrogen and oxygen atoms in total. The highest BCUT2D eigenvalue weighted by Gasteiger charge is 2.11. The van der Waals surface area contributed by atoms with Crippen LogP contribution < -0.4 is 11.1 Å². The number of hydrogen-bond donors (Lipinski definition) is 2. The zero-order chi connectivity index (χ0) is 13.3. The summed E-state index contributed by atoms with van der Waals surface area (Å²) in [6.45, 7) is 0. The van der Waals surface area contributed by atoms with Gasteiger partial charge in [0, 0.05) is 28.5 Å². The van der Waals surface area contributed by atoms with E-state index in [2.05, 4.69) is 26.2 Å². The number of aromatic nitrogens is 1. The number of nitrogens with one attached hydrogen (secondary N) is 1. The Kier molecular flexibility index (Phi) is 3.42. The summed E-state index contributed by atoms with van der Waals surface area (Å²) >= 11 is 3.17. The van der Waals surface area contributed by atoms with Crippen LogP contribution in [0.3, 0.4) is 0 Å². The van der Waals surface area contributed by atoms with Gasteiger partial charge in [0.15, 0.2) is 23.3 Å². The number of halogens is 4. The van der Waals surface area contributed by atoms with E-state index in [0.717, 1.165) is 12.1 Å². The van der Waals surface area contributed by atoms with Gasteiger partial charge in [0.05, 0.1) is 5.69 Å². The molecular weight excluding hydrogens is 311 g/mol. The van der Waals surface area contributed by atoms with Crippen LogP contribution in [0.5, 0.6) is 0 Å². The number of nitrogens with zero attached hydrogens (tertiary/aromatic N) is 1. The second-order valence-electron chi connectivity index (χ2n) is 3.47. The lowest BCUT2D eigenvalue weighted by Crippen LogP contribution is -2.01. The highest BCUT2D eigenvalue weighted by atomic mass is 79.9. The Bertz CT molecular complexity index is 581. The third-order valence-corrected chi connectivity index (χ3v) is 2.56. The first-order valence-electron chi connectivity index (χ1n) is 4.80. The Morgan fingerprint density at radius 1 is 1.11 bits per heavy atom. The van der Waals surface area contributed by atoms with Crippen molar-refractivity contribution in [2.24, 2.45) is 0 Å². The first-order chi connectivity index (χ1) is 8.47. The third kappa shape index (κ3) is 2.56. The molecule has 0 aliphatic carbocycles. The highest BCUT2D eigenvalue weighted by molar-refractivity contribution is 9.10. The molecule has 0 radical (unpaired) electrons. The lowest BCUT2D eigenvalue weighted by Gasteiger charge is -2.09. The van der Waals surface area contributed by atoms with E-state index in [-0.39, 0.29) is 17.2 Å². The van der Waals surface area contributed by atoms with Gasteiger partial charge in [0.2, 0.25) is 0 Å². The topological polar surface area (TPSA) is 50.9 Å². The van der Waals surface area contributed by atoms with E-state index < -0.39 is 17.5 Å². The van der Waals surface area contributed by atoms with Gasteiger partial charge in [0.25, 0.3) is 0 Å². The van der Waals surface area contributed by atoms with Gasteiger partial charge >= 0.3 is 0 Å². The van der Waals surface area contributed by atoms with Crippen LogP contribution in [0.15, 0.2) is 28.9 Å². The van der Waals surface area contributed by atoms with E-state index in [4.69, 9.17) is 5.73 Å². The van der Waals surface area contributed by atoms with Gasteiger partial charge in [-0.3, -0.25) is 0 Å². The quantitative estimate of drug-likeness (QED) is 0.832. The number of benzene rings is 1. The molecule has 0 spiro atoms. The summed E-state index contributed by atoms with van der Waals surface area (Å²) in [4.78, 5) is 3.93. The van der Waals surface area contributed by atoms with Crippen molar-refractivity contribution in [1.29, 1.82) is 0 Å². The van der Waals surface area contributed by atoms with Gasteiger partial charge in [-0.15, -0.1) is 0 Å². The number of nitrogen functional groups attached to an aromatic ring is 1. The number of hydrogen-bond acceptors (Lipinski definition) is 3. The van der Waals surface area contributed by atoms with E-state index >= 15 is 0 Å². The molecule has 18 heavy (non-hydrogen) atoms. The Labute approximate surface area is 109 Å². The van der Waals surface area contributed by atoms with Gasteiger partial charge < -0.3 is 11.1 Å². The normalized spacial score (nSPS) is 10.4. The zero-order valence-electron chi connectivity index (χ0n) is 8.85. The fourth-order valence-corrected chi connectivity index (χ4v) is 1.67. The van der Waals surface area contributed by atoms with Crippen molar-refractivity contribution < 1.29 is 13.2 Å². The summed E-state index contributed by atoms with van der Waals surface area (Å²) in [5, 5.41) is 2.60. The van der Waals surface area contributed by atoms with Crippen molar-refractivity contribution in [2.45, 2.75) is 0 Å². The van der Waals surface area contributed by atoms with E-state index in [0.29, 0.717) is 4.47 Å². The van der Waals surface area contributed by atoms with E-state index in [1.54, 1.807) is 6.07 Å². The molecule has 0 aliphatic heterocycles. The summed E-state index contributed by atoms with van der Waals surface area (Å²) in [7, 11) is 0. The van der Waals surface area contributed by atoms with Crippen LogP contribution in [-0.2, 0) is 0 Å². The van der Waals surface area contributed by atoms with Crippen LogP contribution in [0.2, 0.25) is 0 Å². The smallest absolute Gasteiger partial charge is 0.194 e. The monoisotopic (exact) mass is 317 g/mol. The Hall–Kier alpha value is -1.76. The van der Waals surface area contributed by atoms with Crippen LogP contribution in [0, 0.1) is 17.5 Å².